The van der Waals surface area contributed by atoms with Gasteiger partial charge in [0.05, 0.1) is 10.6 Å². The minimum Gasteiger partial charge on any atom is -0.397 e. The summed E-state index contributed by atoms with van der Waals surface area (Å²) in [5.41, 5.74) is 8.74. The molecule has 31 heavy (non-hydrogen) atoms. The van der Waals surface area contributed by atoms with Crippen LogP contribution < -0.4 is 10.5 Å². The van der Waals surface area contributed by atoms with Gasteiger partial charge in [0.2, 0.25) is 5.78 Å². The first-order valence-electron chi connectivity index (χ1n) is 8.99. The summed E-state index contributed by atoms with van der Waals surface area (Å²) in [6.07, 6.45) is 0. The number of aryl methyl sites for hydroxylation is 2. The number of hydrogen-bond donors (Lipinski definition) is 2. The number of hydrogen-bond acceptors (Lipinski definition) is 8. The zero-order chi connectivity index (χ0) is 22.3. The van der Waals surface area contributed by atoms with Gasteiger partial charge < -0.3 is 5.73 Å². The van der Waals surface area contributed by atoms with Gasteiger partial charge in [-0.15, -0.1) is 21.5 Å². The maximum absolute atomic E-state index is 13.0. The van der Waals surface area contributed by atoms with Crippen molar-refractivity contribution >= 4 is 60.5 Å². The number of sulfonamides is 1. The van der Waals surface area contributed by atoms with Crippen molar-refractivity contribution in [1.29, 1.82) is 0 Å². The fourth-order valence-electron chi connectivity index (χ4n) is 3.12. The van der Waals surface area contributed by atoms with E-state index in [4.69, 9.17) is 17.3 Å². The first kappa shape index (κ1) is 21.2. The first-order chi connectivity index (χ1) is 14.7. The van der Waals surface area contributed by atoms with Crippen LogP contribution in [0.2, 0.25) is 5.15 Å². The van der Waals surface area contributed by atoms with Gasteiger partial charge in [0.15, 0.2) is 11.0 Å². The second kappa shape index (κ2) is 7.88. The number of thiophene rings is 1. The molecule has 0 unspecified atom stereocenters. The Bertz CT molecular complexity index is 1420. The lowest BCUT2D eigenvalue weighted by atomic mass is 10.1. The van der Waals surface area contributed by atoms with E-state index in [1.54, 1.807) is 0 Å². The number of ketones is 1. The molecule has 0 fully saturated rings. The van der Waals surface area contributed by atoms with Gasteiger partial charge >= 0.3 is 0 Å². The van der Waals surface area contributed by atoms with Gasteiger partial charge in [-0.25, -0.2) is 13.4 Å². The minimum absolute atomic E-state index is 0.0285. The Morgan fingerprint density at radius 1 is 1.10 bits per heavy atom. The number of nitrogen functional groups attached to an aromatic ring is 1. The molecule has 0 radical (unpaired) electrons. The maximum atomic E-state index is 13.0. The lowest BCUT2D eigenvalue weighted by molar-refractivity contribution is 0.104. The molecule has 1 aromatic carbocycles. The lowest BCUT2D eigenvalue weighted by Crippen LogP contribution is -2.14. The lowest BCUT2D eigenvalue weighted by Gasteiger charge is -2.07. The number of aromatic nitrogens is 3. The highest BCUT2D eigenvalue weighted by Crippen LogP contribution is 2.36. The quantitative estimate of drug-likeness (QED) is 0.419. The van der Waals surface area contributed by atoms with Gasteiger partial charge in [0.1, 0.15) is 9.71 Å². The van der Waals surface area contributed by atoms with Crippen LogP contribution in [0, 0.1) is 13.8 Å². The third-order valence-corrected chi connectivity index (χ3v) is 7.20. The predicted molar refractivity (Wildman–Crippen MR) is 121 cm³/mol. The molecular formula is C20H16ClN5O3S2. The standard InChI is InChI=1S/C20H16ClN5O3S2/c1-10-9-11(2)23-20-16(10)17(22)19(30-20)18(27)12-3-5-13(6-4-12)31(28,29)26-15-8-7-14(21)24-25-15/h3-9H,22H2,1-2H3,(H,25,26). The highest BCUT2D eigenvalue weighted by atomic mass is 35.5. The summed E-state index contributed by atoms with van der Waals surface area (Å²) in [7, 11) is -3.91. The fraction of sp³-hybridized carbons (Fsp3) is 0.100. The number of benzene rings is 1. The number of rotatable bonds is 5. The van der Waals surface area contributed by atoms with Crippen LogP contribution in [0.15, 0.2) is 47.4 Å². The fourth-order valence-corrected chi connectivity index (χ4v) is 5.40. The van der Waals surface area contributed by atoms with Crippen molar-refractivity contribution in [2.75, 3.05) is 10.5 Å². The highest BCUT2D eigenvalue weighted by Gasteiger charge is 2.21. The average molecular weight is 474 g/mol. The van der Waals surface area contributed by atoms with E-state index in [-0.39, 0.29) is 21.6 Å². The molecule has 0 aliphatic rings. The van der Waals surface area contributed by atoms with E-state index in [0.717, 1.165) is 16.6 Å². The molecule has 0 saturated heterocycles. The second-order valence-electron chi connectivity index (χ2n) is 6.81. The van der Waals surface area contributed by atoms with Crippen LogP contribution in [-0.4, -0.2) is 29.4 Å². The molecule has 0 aliphatic carbocycles. The van der Waals surface area contributed by atoms with Crippen LogP contribution in [0.25, 0.3) is 10.2 Å². The van der Waals surface area contributed by atoms with Gasteiger partial charge in [0.25, 0.3) is 10.0 Å². The molecule has 8 nitrogen and oxygen atoms in total. The smallest absolute Gasteiger partial charge is 0.263 e. The van der Waals surface area contributed by atoms with E-state index in [0.29, 0.717) is 21.0 Å². The number of carbonyl (C=O) groups is 1. The third-order valence-electron chi connectivity index (χ3n) is 4.53. The number of anilines is 2. The van der Waals surface area contributed by atoms with Crippen molar-refractivity contribution < 1.29 is 13.2 Å². The summed E-state index contributed by atoms with van der Waals surface area (Å²) in [5.74, 6) is -0.265. The Balaban J connectivity index is 1.63. The molecule has 0 atom stereocenters. The number of halogens is 1. The Morgan fingerprint density at radius 2 is 1.81 bits per heavy atom. The number of nitrogens with one attached hydrogen (secondary N) is 1. The molecule has 0 saturated carbocycles. The van der Waals surface area contributed by atoms with Crippen LogP contribution in [0.3, 0.4) is 0 Å². The van der Waals surface area contributed by atoms with Crippen LogP contribution >= 0.6 is 22.9 Å². The van der Waals surface area contributed by atoms with Crippen molar-refractivity contribution in [1.82, 2.24) is 15.2 Å². The molecule has 3 heterocycles. The van der Waals surface area contributed by atoms with Crippen LogP contribution in [0.4, 0.5) is 11.5 Å². The molecule has 0 spiro atoms. The normalized spacial score (nSPS) is 11.6. The summed E-state index contributed by atoms with van der Waals surface area (Å²) >= 11 is 6.88. The van der Waals surface area contributed by atoms with E-state index in [2.05, 4.69) is 19.9 Å². The maximum Gasteiger partial charge on any atom is 0.263 e. The zero-order valence-corrected chi connectivity index (χ0v) is 18.8. The van der Waals surface area contributed by atoms with Crippen LogP contribution in [0.5, 0.6) is 0 Å². The minimum atomic E-state index is -3.91. The molecule has 11 heteroatoms. The Morgan fingerprint density at radius 3 is 2.45 bits per heavy atom. The van der Waals surface area contributed by atoms with Crippen molar-refractivity contribution in [3.05, 3.63) is 69.3 Å². The predicted octanol–water partition coefficient (Wildman–Crippen LogP) is 3.97. The number of fused-ring (bicyclic) bond motifs is 1. The molecule has 3 aromatic heterocycles. The molecule has 0 aliphatic heterocycles. The van der Waals surface area contributed by atoms with E-state index >= 15 is 0 Å². The Labute approximate surface area is 187 Å². The molecular weight excluding hydrogens is 458 g/mol. The summed E-state index contributed by atoms with van der Waals surface area (Å²) in [4.78, 5) is 18.5. The molecule has 4 aromatic rings. The number of nitrogens with zero attached hydrogens (tertiary/aromatic N) is 3. The van der Waals surface area contributed by atoms with Gasteiger partial charge in [-0.2, -0.15) is 0 Å². The monoisotopic (exact) mass is 473 g/mol. The van der Waals surface area contributed by atoms with E-state index < -0.39 is 10.0 Å². The van der Waals surface area contributed by atoms with Crippen molar-refractivity contribution in [2.45, 2.75) is 18.7 Å². The van der Waals surface area contributed by atoms with Crippen molar-refractivity contribution in [3.63, 3.8) is 0 Å². The molecule has 0 bridgehead atoms. The summed E-state index contributed by atoms with van der Waals surface area (Å²) in [6, 6.07) is 10.3. The SMILES string of the molecule is Cc1cc(C)c2c(N)c(C(=O)c3ccc(S(=O)(=O)Nc4ccc(Cl)nn4)cc3)sc2n1. The average Bonchev–Trinajstić information content (AvgIpc) is 3.05. The largest absolute Gasteiger partial charge is 0.397 e. The van der Waals surface area contributed by atoms with Gasteiger partial charge in [-0.1, -0.05) is 11.6 Å². The van der Waals surface area contributed by atoms with Gasteiger partial charge in [-0.3, -0.25) is 9.52 Å². The molecule has 158 valence electrons. The zero-order valence-electron chi connectivity index (χ0n) is 16.4. The van der Waals surface area contributed by atoms with Crippen LogP contribution in [0.1, 0.15) is 26.5 Å². The Hall–Kier alpha value is -3.08. The van der Waals surface area contributed by atoms with Gasteiger partial charge in [-0.05, 0) is 61.9 Å². The topological polar surface area (TPSA) is 128 Å². The van der Waals surface area contributed by atoms with E-state index in [9.17, 15) is 13.2 Å². The van der Waals surface area contributed by atoms with Crippen LogP contribution in [-0.2, 0) is 10.0 Å². The van der Waals surface area contributed by atoms with Crippen molar-refractivity contribution in [3.8, 4) is 0 Å². The first-order valence-corrected chi connectivity index (χ1v) is 11.7. The summed E-state index contributed by atoms with van der Waals surface area (Å²) in [5, 5.41) is 8.18. The summed E-state index contributed by atoms with van der Waals surface area (Å²) < 4.78 is 27.4. The van der Waals surface area contributed by atoms with Crippen molar-refractivity contribution in [2.24, 2.45) is 0 Å². The number of pyridine rings is 1. The molecule has 4 rings (SSSR count). The highest BCUT2D eigenvalue weighted by molar-refractivity contribution is 7.92. The Kier molecular flexibility index (Phi) is 5.38. The van der Waals surface area contributed by atoms with Gasteiger partial charge in [0, 0.05) is 16.6 Å². The third kappa shape index (κ3) is 4.09. The summed E-state index contributed by atoms with van der Waals surface area (Å²) in [6.45, 7) is 3.80. The number of carbonyl (C=O) groups excluding carboxylic acids is 1. The second-order valence-corrected chi connectivity index (χ2v) is 9.87. The van der Waals surface area contributed by atoms with E-state index in [1.165, 1.54) is 47.7 Å². The number of nitrogens with two attached hydrogens (primary N) is 1. The molecule has 3 N–H and O–H groups in total. The van der Waals surface area contributed by atoms with E-state index in [1.807, 2.05) is 19.9 Å². The molecule has 0 amide bonds.